The molecular formula is C25H25FN2O4S. The Morgan fingerprint density at radius 1 is 1.09 bits per heavy atom. The van der Waals surface area contributed by atoms with Gasteiger partial charge >= 0.3 is 0 Å². The lowest BCUT2D eigenvalue weighted by Crippen LogP contribution is -2.31. The number of benzene rings is 3. The molecule has 0 saturated carbocycles. The Hall–Kier alpha value is -3.39. The Bertz CT molecular complexity index is 1290. The summed E-state index contributed by atoms with van der Waals surface area (Å²) in [5.74, 6) is -0.482. The van der Waals surface area contributed by atoms with Crippen molar-refractivity contribution in [2.45, 2.75) is 24.3 Å². The number of hydrogen-bond acceptors (Lipinski definition) is 4. The minimum absolute atomic E-state index is 0.0196. The van der Waals surface area contributed by atoms with E-state index in [0.29, 0.717) is 18.7 Å². The van der Waals surface area contributed by atoms with E-state index >= 15 is 0 Å². The molecule has 0 aromatic heterocycles. The van der Waals surface area contributed by atoms with Crippen LogP contribution < -0.4 is 9.04 Å². The van der Waals surface area contributed by atoms with Gasteiger partial charge in [-0.1, -0.05) is 30.3 Å². The summed E-state index contributed by atoms with van der Waals surface area (Å²) in [5.41, 5.74) is 2.52. The molecule has 8 heteroatoms. The van der Waals surface area contributed by atoms with Crippen LogP contribution in [0.15, 0.2) is 71.6 Å². The second kappa shape index (κ2) is 8.86. The summed E-state index contributed by atoms with van der Waals surface area (Å²) in [5, 5.41) is 0. The summed E-state index contributed by atoms with van der Waals surface area (Å²) >= 11 is 0. The average molecular weight is 469 g/mol. The summed E-state index contributed by atoms with van der Waals surface area (Å²) < 4.78 is 46.9. The Morgan fingerprint density at radius 2 is 1.79 bits per heavy atom. The van der Waals surface area contributed by atoms with Crippen molar-refractivity contribution >= 4 is 21.6 Å². The lowest BCUT2D eigenvalue weighted by atomic mass is 10.1. The van der Waals surface area contributed by atoms with E-state index in [4.69, 9.17) is 4.74 Å². The van der Waals surface area contributed by atoms with Crippen LogP contribution in [-0.2, 0) is 16.4 Å². The van der Waals surface area contributed by atoms with Crippen molar-refractivity contribution in [3.05, 3.63) is 89.2 Å². The average Bonchev–Trinajstić information content (AvgIpc) is 3.28. The first kappa shape index (κ1) is 22.8. The van der Waals surface area contributed by atoms with Crippen LogP contribution in [0.5, 0.6) is 5.75 Å². The number of hydrogen-bond donors (Lipinski definition) is 0. The number of ether oxygens (including phenoxy) is 1. The number of rotatable bonds is 6. The molecule has 0 radical (unpaired) electrons. The van der Waals surface area contributed by atoms with Gasteiger partial charge in [0.1, 0.15) is 11.6 Å². The smallest absolute Gasteiger partial charge is 0.264 e. The van der Waals surface area contributed by atoms with Gasteiger partial charge in [-0.15, -0.1) is 0 Å². The number of nitrogens with zero attached hydrogens (tertiary/aromatic N) is 2. The Balaban J connectivity index is 1.68. The third kappa shape index (κ3) is 4.18. The van der Waals surface area contributed by atoms with Crippen molar-refractivity contribution in [3.63, 3.8) is 0 Å². The lowest BCUT2D eigenvalue weighted by Gasteiger charge is -2.26. The molecule has 3 aromatic rings. The minimum Gasteiger partial charge on any atom is -0.496 e. The molecule has 6 nitrogen and oxygen atoms in total. The number of carbonyl (C=O) groups excluding carboxylic acids is 1. The van der Waals surface area contributed by atoms with Crippen LogP contribution in [0.1, 0.15) is 34.5 Å². The van der Waals surface area contributed by atoms with Crippen LogP contribution in [0.4, 0.5) is 10.1 Å². The van der Waals surface area contributed by atoms with E-state index in [0.717, 1.165) is 11.1 Å². The number of para-hydroxylation sites is 1. The molecular weight excluding hydrogens is 443 g/mol. The molecule has 0 spiro atoms. The van der Waals surface area contributed by atoms with E-state index in [-0.39, 0.29) is 28.1 Å². The molecule has 0 saturated heterocycles. The highest BCUT2D eigenvalue weighted by Gasteiger charge is 2.32. The first-order valence-corrected chi connectivity index (χ1v) is 12.0. The molecule has 0 fully saturated rings. The molecule has 1 aliphatic heterocycles. The van der Waals surface area contributed by atoms with Crippen LogP contribution >= 0.6 is 0 Å². The molecule has 1 atom stereocenters. The van der Waals surface area contributed by atoms with Crippen LogP contribution in [0, 0.1) is 5.82 Å². The number of carbonyl (C=O) groups is 1. The van der Waals surface area contributed by atoms with Gasteiger partial charge in [-0.25, -0.2) is 12.8 Å². The molecule has 1 unspecified atom stereocenters. The second-order valence-electron chi connectivity index (χ2n) is 7.96. The molecule has 3 aromatic carbocycles. The summed E-state index contributed by atoms with van der Waals surface area (Å²) in [6, 6.07) is 17.3. The fourth-order valence-corrected chi connectivity index (χ4v) is 5.56. The molecule has 0 N–H and O–H groups in total. The molecule has 0 bridgehead atoms. The monoisotopic (exact) mass is 468 g/mol. The van der Waals surface area contributed by atoms with Crippen molar-refractivity contribution in [1.82, 2.24) is 4.90 Å². The third-order valence-electron chi connectivity index (χ3n) is 6.09. The van der Waals surface area contributed by atoms with Crippen LogP contribution in [0.25, 0.3) is 0 Å². The molecule has 4 rings (SSSR count). The standard InChI is InChI=1S/C25H25FN2O4S/c1-17(18-8-10-20(26)11-9-18)27(2)25(29)22-16-21(12-13-24(22)32-3)33(30,31)28-15-14-19-6-4-5-7-23(19)28/h4-13,16-17H,14-15H2,1-3H3. The first-order valence-electron chi connectivity index (χ1n) is 10.6. The summed E-state index contributed by atoms with van der Waals surface area (Å²) in [6.45, 7) is 2.16. The van der Waals surface area contributed by atoms with Crippen molar-refractivity contribution < 1.29 is 22.3 Å². The topological polar surface area (TPSA) is 66.9 Å². The zero-order valence-electron chi connectivity index (χ0n) is 18.7. The first-order chi connectivity index (χ1) is 15.7. The lowest BCUT2D eigenvalue weighted by molar-refractivity contribution is 0.0739. The van der Waals surface area contributed by atoms with Crippen molar-refractivity contribution in [1.29, 1.82) is 0 Å². The van der Waals surface area contributed by atoms with Crippen molar-refractivity contribution in [2.24, 2.45) is 0 Å². The van der Waals surface area contributed by atoms with Gasteiger partial charge in [-0.2, -0.15) is 0 Å². The van der Waals surface area contributed by atoms with Gasteiger partial charge in [0.15, 0.2) is 0 Å². The minimum atomic E-state index is -3.87. The summed E-state index contributed by atoms with van der Waals surface area (Å²) in [6.07, 6.45) is 0.634. The van der Waals surface area contributed by atoms with E-state index in [1.54, 1.807) is 31.3 Å². The van der Waals surface area contributed by atoms with Crippen molar-refractivity contribution in [3.8, 4) is 5.75 Å². The molecule has 1 aliphatic rings. The van der Waals surface area contributed by atoms with Crippen molar-refractivity contribution in [2.75, 3.05) is 25.0 Å². The molecule has 1 heterocycles. The highest BCUT2D eigenvalue weighted by Crippen LogP contribution is 2.34. The second-order valence-corrected chi connectivity index (χ2v) is 9.82. The van der Waals surface area contributed by atoms with E-state index in [1.807, 2.05) is 19.1 Å². The molecule has 33 heavy (non-hydrogen) atoms. The Kier molecular flexibility index (Phi) is 6.12. The number of amides is 1. The molecule has 1 amide bonds. The Labute approximate surface area is 193 Å². The number of anilines is 1. The van der Waals surface area contributed by atoms with Crippen LogP contribution in [0.3, 0.4) is 0 Å². The van der Waals surface area contributed by atoms with E-state index in [1.165, 1.54) is 46.6 Å². The summed E-state index contributed by atoms with van der Waals surface area (Å²) in [4.78, 5) is 14.9. The van der Waals surface area contributed by atoms with Gasteiger partial charge in [-0.3, -0.25) is 9.10 Å². The predicted octanol–water partition coefficient (Wildman–Crippen LogP) is 4.42. The van der Waals surface area contributed by atoms with Gasteiger partial charge in [0.2, 0.25) is 0 Å². The highest BCUT2D eigenvalue weighted by atomic mass is 32.2. The zero-order chi connectivity index (χ0) is 23.8. The van der Waals surface area contributed by atoms with Crippen LogP contribution in [-0.4, -0.2) is 39.9 Å². The maximum Gasteiger partial charge on any atom is 0.264 e. The normalized spacial score (nSPS) is 14.0. The van der Waals surface area contributed by atoms with Gasteiger partial charge in [0, 0.05) is 13.6 Å². The molecule has 172 valence electrons. The Morgan fingerprint density at radius 3 is 2.48 bits per heavy atom. The van der Waals surface area contributed by atoms with Gasteiger partial charge < -0.3 is 9.64 Å². The third-order valence-corrected chi connectivity index (χ3v) is 7.90. The predicted molar refractivity (Wildman–Crippen MR) is 125 cm³/mol. The maximum absolute atomic E-state index is 13.5. The number of halogens is 1. The van der Waals surface area contributed by atoms with Gasteiger partial charge in [0.25, 0.3) is 15.9 Å². The zero-order valence-corrected chi connectivity index (χ0v) is 19.5. The number of sulfonamides is 1. The van der Waals surface area contributed by atoms with Gasteiger partial charge in [0.05, 0.1) is 29.3 Å². The van der Waals surface area contributed by atoms with Crippen LogP contribution in [0.2, 0.25) is 0 Å². The van der Waals surface area contributed by atoms with E-state index < -0.39 is 15.9 Å². The summed E-state index contributed by atoms with van der Waals surface area (Å²) in [7, 11) is -0.821. The fraction of sp³-hybridized carbons (Fsp3) is 0.240. The largest absolute Gasteiger partial charge is 0.496 e. The number of fused-ring (bicyclic) bond motifs is 1. The van der Waals surface area contributed by atoms with Gasteiger partial charge in [-0.05, 0) is 60.9 Å². The fourth-order valence-electron chi connectivity index (χ4n) is 4.03. The maximum atomic E-state index is 13.5. The quantitative estimate of drug-likeness (QED) is 0.537. The number of methoxy groups -OCH3 is 1. The SMILES string of the molecule is COc1ccc(S(=O)(=O)N2CCc3ccccc32)cc1C(=O)N(C)C(C)c1ccc(F)cc1. The highest BCUT2D eigenvalue weighted by molar-refractivity contribution is 7.92. The van der Waals surface area contributed by atoms with E-state index in [2.05, 4.69) is 0 Å². The van der Waals surface area contributed by atoms with E-state index in [9.17, 15) is 17.6 Å². The molecule has 0 aliphatic carbocycles.